The standard InChI is InChI=1S/C12H12BrN3/c13-7-3-9-16-11-5-2-1-4-10(11)15-12(16)6-8-14/h1-2,4-5H,3,6-7,9H2. The third-order valence-corrected chi connectivity index (χ3v) is 3.05. The summed E-state index contributed by atoms with van der Waals surface area (Å²) >= 11 is 3.42. The van der Waals surface area contributed by atoms with Crippen molar-refractivity contribution in [1.29, 1.82) is 5.26 Å². The maximum Gasteiger partial charge on any atom is 0.124 e. The van der Waals surface area contributed by atoms with Crippen LogP contribution in [0.2, 0.25) is 0 Å². The third kappa shape index (κ3) is 2.10. The highest BCUT2D eigenvalue weighted by Crippen LogP contribution is 2.17. The summed E-state index contributed by atoms with van der Waals surface area (Å²) in [4.78, 5) is 4.48. The first kappa shape index (κ1) is 11.2. The van der Waals surface area contributed by atoms with Crippen LogP contribution in [-0.4, -0.2) is 14.9 Å². The van der Waals surface area contributed by atoms with Crippen LogP contribution in [0.4, 0.5) is 0 Å². The third-order valence-electron chi connectivity index (χ3n) is 2.49. The molecule has 0 aliphatic rings. The maximum atomic E-state index is 8.78. The highest BCUT2D eigenvalue weighted by molar-refractivity contribution is 9.09. The van der Waals surface area contributed by atoms with Crippen LogP contribution in [0.3, 0.4) is 0 Å². The first-order chi connectivity index (χ1) is 7.86. The molecule has 0 radical (unpaired) electrons. The zero-order chi connectivity index (χ0) is 11.4. The molecule has 0 fully saturated rings. The van der Waals surface area contributed by atoms with E-state index in [-0.39, 0.29) is 0 Å². The number of alkyl halides is 1. The zero-order valence-electron chi connectivity index (χ0n) is 8.86. The Morgan fingerprint density at radius 2 is 2.19 bits per heavy atom. The molecule has 2 rings (SSSR count). The van der Waals surface area contributed by atoms with Gasteiger partial charge in [-0.25, -0.2) is 4.98 Å². The molecule has 1 heterocycles. The van der Waals surface area contributed by atoms with Gasteiger partial charge in [-0.2, -0.15) is 5.26 Å². The van der Waals surface area contributed by atoms with E-state index in [1.54, 1.807) is 0 Å². The smallest absolute Gasteiger partial charge is 0.124 e. The minimum atomic E-state index is 0.372. The predicted octanol–water partition coefficient (Wildman–Crippen LogP) is 2.89. The molecule has 0 aliphatic carbocycles. The highest BCUT2D eigenvalue weighted by Gasteiger charge is 2.08. The van der Waals surface area contributed by atoms with Gasteiger partial charge in [-0.3, -0.25) is 0 Å². The van der Waals surface area contributed by atoms with Crippen LogP contribution in [-0.2, 0) is 13.0 Å². The molecule has 0 saturated carbocycles. The first-order valence-corrected chi connectivity index (χ1v) is 6.36. The Morgan fingerprint density at radius 3 is 2.94 bits per heavy atom. The van der Waals surface area contributed by atoms with Gasteiger partial charge in [0.1, 0.15) is 5.82 Å². The quantitative estimate of drug-likeness (QED) is 0.807. The van der Waals surface area contributed by atoms with Crippen molar-refractivity contribution in [1.82, 2.24) is 9.55 Å². The van der Waals surface area contributed by atoms with E-state index in [4.69, 9.17) is 5.26 Å². The van der Waals surface area contributed by atoms with E-state index in [0.29, 0.717) is 6.42 Å². The van der Waals surface area contributed by atoms with E-state index < -0.39 is 0 Å². The van der Waals surface area contributed by atoms with E-state index in [2.05, 4.69) is 37.6 Å². The maximum absolute atomic E-state index is 8.78. The van der Waals surface area contributed by atoms with Crippen molar-refractivity contribution in [2.24, 2.45) is 0 Å². The minimum absolute atomic E-state index is 0.372. The second-order valence-corrected chi connectivity index (χ2v) is 4.34. The number of para-hydroxylation sites is 2. The predicted molar refractivity (Wildman–Crippen MR) is 67.5 cm³/mol. The summed E-state index contributed by atoms with van der Waals surface area (Å²) in [5.74, 6) is 0.865. The summed E-state index contributed by atoms with van der Waals surface area (Å²) in [5.41, 5.74) is 2.09. The Kier molecular flexibility index (Phi) is 3.58. The number of imidazole rings is 1. The summed E-state index contributed by atoms with van der Waals surface area (Å²) in [6.07, 6.45) is 1.41. The lowest BCUT2D eigenvalue weighted by Crippen LogP contribution is -2.03. The van der Waals surface area contributed by atoms with Crippen molar-refractivity contribution < 1.29 is 0 Å². The molecule has 0 amide bonds. The lowest BCUT2D eigenvalue weighted by atomic mass is 10.3. The number of hydrogen-bond donors (Lipinski definition) is 0. The van der Waals surface area contributed by atoms with E-state index in [0.717, 1.165) is 35.2 Å². The summed E-state index contributed by atoms with van der Waals surface area (Å²) in [7, 11) is 0. The molecule has 1 aromatic carbocycles. The van der Waals surface area contributed by atoms with Gasteiger partial charge in [-0.05, 0) is 18.6 Å². The van der Waals surface area contributed by atoms with Gasteiger partial charge in [-0.1, -0.05) is 28.1 Å². The van der Waals surface area contributed by atoms with Crippen molar-refractivity contribution in [2.45, 2.75) is 19.4 Å². The zero-order valence-corrected chi connectivity index (χ0v) is 10.4. The van der Waals surface area contributed by atoms with E-state index >= 15 is 0 Å². The lowest BCUT2D eigenvalue weighted by Gasteiger charge is -2.05. The number of halogens is 1. The Morgan fingerprint density at radius 1 is 1.38 bits per heavy atom. The number of rotatable bonds is 4. The van der Waals surface area contributed by atoms with Crippen molar-refractivity contribution >= 4 is 27.0 Å². The first-order valence-electron chi connectivity index (χ1n) is 5.24. The average Bonchev–Trinajstić information content (AvgIpc) is 2.65. The van der Waals surface area contributed by atoms with Gasteiger partial charge in [0, 0.05) is 11.9 Å². The molecule has 0 aliphatic heterocycles. The van der Waals surface area contributed by atoms with Crippen molar-refractivity contribution in [3.63, 3.8) is 0 Å². The molecule has 2 aromatic rings. The SMILES string of the molecule is N#CCc1nc2ccccc2n1CCCBr. The number of aryl methyl sites for hydroxylation is 1. The normalized spacial score (nSPS) is 10.5. The van der Waals surface area contributed by atoms with E-state index in [9.17, 15) is 0 Å². The molecule has 16 heavy (non-hydrogen) atoms. The van der Waals surface area contributed by atoms with Crippen LogP contribution in [0, 0.1) is 11.3 Å². The lowest BCUT2D eigenvalue weighted by molar-refractivity contribution is 0.674. The number of fused-ring (bicyclic) bond motifs is 1. The van der Waals surface area contributed by atoms with Crippen LogP contribution in [0.25, 0.3) is 11.0 Å². The van der Waals surface area contributed by atoms with Gasteiger partial charge in [0.2, 0.25) is 0 Å². The Bertz CT molecular complexity index is 525. The molecule has 0 N–H and O–H groups in total. The minimum Gasteiger partial charge on any atom is -0.327 e. The molecular weight excluding hydrogens is 266 g/mol. The molecule has 0 unspecified atom stereocenters. The van der Waals surface area contributed by atoms with Gasteiger partial charge in [0.15, 0.2) is 0 Å². The molecule has 0 bridgehead atoms. The summed E-state index contributed by atoms with van der Waals surface area (Å²) in [5, 5.41) is 9.75. The fourth-order valence-electron chi connectivity index (χ4n) is 1.80. The molecule has 0 atom stereocenters. The number of aromatic nitrogens is 2. The molecule has 1 aromatic heterocycles. The van der Waals surface area contributed by atoms with Crippen LogP contribution in [0.1, 0.15) is 12.2 Å². The van der Waals surface area contributed by atoms with Crippen LogP contribution in [0.5, 0.6) is 0 Å². The summed E-state index contributed by atoms with van der Waals surface area (Å²) in [6, 6.07) is 10.2. The summed E-state index contributed by atoms with van der Waals surface area (Å²) in [6.45, 7) is 0.906. The van der Waals surface area contributed by atoms with Crippen LogP contribution >= 0.6 is 15.9 Å². The molecule has 4 heteroatoms. The molecule has 3 nitrogen and oxygen atoms in total. The topological polar surface area (TPSA) is 41.6 Å². The van der Waals surface area contributed by atoms with Gasteiger partial charge < -0.3 is 4.57 Å². The molecular formula is C12H12BrN3. The largest absolute Gasteiger partial charge is 0.327 e. The van der Waals surface area contributed by atoms with Gasteiger partial charge in [0.25, 0.3) is 0 Å². The van der Waals surface area contributed by atoms with E-state index in [1.165, 1.54) is 0 Å². The van der Waals surface area contributed by atoms with Crippen LogP contribution < -0.4 is 0 Å². The number of nitrogens with zero attached hydrogens (tertiary/aromatic N) is 3. The Balaban J connectivity index is 2.47. The second kappa shape index (κ2) is 5.13. The monoisotopic (exact) mass is 277 g/mol. The number of benzene rings is 1. The van der Waals surface area contributed by atoms with Gasteiger partial charge in [-0.15, -0.1) is 0 Å². The molecule has 0 spiro atoms. The van der Waals surface area contributed by atoms with E-state index in [1.807, 2.05) is 18.2 Å². The van der Waals surface area contributed by atoms with Gasteiger partial charge in [0.05, 0.1) is 23.5 Å². The average molecular weight is 278 g/mol. The fraction of sp³-hybridized carbons (Fsp3) is 0.333. The second-order valence-electron chi connectivity index (χ2n) is 3.55. The highest BCUT2D eigenvalue weighted by atomic mass is 79.9. The molecule has 0 saturated heterocycles. The number of nitriles is 1. The van der Waals surface area contributed by atoms with Gasteiger partial charge >= 0.3 is 0 Å². The fourth-order valence-corrected chi connectivity index (χ4v) is 2.05. The summed E-state index contributed by atoms with van der Waals surface area (Å²) < 4.78 is 2.14. The van der Waals surface area contributed by atoms with Crippen molar-refractivity contribution in [3.8, 4) is 6.07 Å². The van der Waals surface area contributed by atoms with Crippen molar-refractivity contribution in [2.75, 3.05) is 5.33 Å². The molecule has 82 valence electrons. The van der Waals surface area contributed by atoms with Crippen LogP contribution in [0.15, 0.2) is 24.3 Å². The Hall–Kier alpha value is -1.34. The number of hydrogen-bond acceptors (Lipinski definition) is 2. The Labute approximate surface area is 103 Å². The van der Waals surface area contributed by atoms with Crippen molar-refractivity contribution in [3.05, 3.63) is 30.1 Å².